The summed E-state index contributed by atoms with van der Waals surface area (Å²) in [5, 5.41) is 20.4. The smallest absolute Gasteiger partial charge is 0.550 e. The van der Waals surface area contributed by atoms with Gasteiger partial charge in [0.15, 0.2) is 0 Å². The summed E-state index contributed by atoms with van der Waals surface area (Å²) in [6.45, 7) is 4.51. The van der Waals surface area contributed by atoms with Crippen LogP contribution in [-0.4, -0.2) is 60.8 Å². The van der Waals surface area contributed by atoms with Gasteiger partial charge in [-0.25, -0.2) is 0 Å². The maximum Gasteiger partial charge on any atom is 2.00 e. The molecular formula is C36H66BaO4. The minimum Gasteiger partial charge on any atom is -0.550 e. The van der Waals surface area contributed by atoms with Crippen LogP contribution >= 0.6 is 0 Å². The van der Waals surface area contributed by atoms with Gasteiger partial charge >= 0.3 is 48.9 Å². The van der Waals surface area contributed by atoms with E-state index >= 15 is 0 Å². The van der Waals surface area contributed by atoms with Crippen LogP contribution in [0.25, 0.3) is 0 Å². The third kappa shape index (κ3) is 50.0. The predicted molar refractivity (Wildman–Crippen MR) is 175 cm³/mol. The van der Waals surface area contributed by atoms with E-state index in [1.54, 1.807) is 0 Å². The van der Waals surface area contributed by atoms with E-state index in [1.165, 1.54) is 128 Å². The van der Waals surface area contributed by atoms with Crippen molar-refractivity contribution in [1.82, 2.24) is 0 Å². The van der Waals surface area contributed by atoms with Gasteiger partial charge in [0, 0.05) is 11.9 Å². The monoisotopic (exact) mass is 700 g/mol. The van der Waals surface area contributed by atoms with Gasteiger partial charge in [0.05, 0.1) is 0 Å². The van der Waals surface area contributed by atoms with Crippen LogP contribution in [0.5, 0.6) is 0 Å². The van der Waals surface area contributed by atoms with E-state index in [2.05, 4.69) is 38.2 Å². The molecule has 5 heteroatoms. The normalized spacial score (nSPS) is 11.0. The van der Waals surface area contributed by atoms with Crippen LogP contribution in [0, 0.1) is 0 Å². The SMILES string of the molecule is CCCCCCCCC=CCCCCCCCC(=O)[O-].CCCCCCCCC=CCCCCCCCC(=O)[O-].[Ba+2]. The number of carbonyl (C=O) groups is 2. The average molecular weight is 700 g/mol. The van der Waals surface area contributed by atoms with Crippen molar-refractivity contribution in [1.29, 1.82) is 0 Å². The van der Waals surface area contributed by atoms with E-state index in [1.807, 2.05) is 0 Å². The summed E-state index contributed by atoms with van der Waals surface area (Å²) >= 11 is 0. The van der Waals surface area contributed by atoms with Gasteiger partial charge in [-0.2, -0.15) is 0 Å². The minimum atomic E-state index is -0.914. The van der Waals surface area contributed by atoms with Crippen molar-refractivity contribution in [3.63, 3.8) is 0 Å². The third-order valence-corrected chi connectivity index (χ3v) is 7.29. The van der Waals surface area contributed by atoms with Gasteiger partial charge in [-0.3, -0.25) is 0 Å². The fourth-order valence-electron chi connectivity index (χ4n) is 4.68. The Labute approximate surface area is 296 Å². The Morgan fingerprint density at radius 1 is 0.390 bits per heavy atom. The first kappa shape index (κ1) is 45.4. The predicted octanol–water partition coefficient (Wildman–Crippen LogP) is 9.17. The number of hydrogen-bond acceptors (Lipinski definition) is 4. The summed E-state index contributed by atoms with van der Waals surface area (Å²) in [6, 6.07) is 0. The quantitative estimate of drug-likeness (QED) is 0.0426. The number of allylic oxidation sites excluding steroid dienone is 4. The Bertz CT molecular complexity index is 524. The largest absolute Gasteiger partial charge is 2.00 e. The average Bonchev–Trinajstić information content (AvgIpc) is 2.93. The van der Waals surface area contributed by atoms with E-state index in [0.29, 0.717) is 0 Å². The molecule has 0 aliphatic carbocycles. The second-order valence-corrected chi connectivity index (χ2v) is 11.4. The third-order valence-electron chi connectivity index (χ3n) is 7.29. The number of aliphatic carboxylic acids is 2. The second kappa shape index (κ2) is 42.1. The van der Waals surface area contributed by atoms with E-state index in [-0.39, 0.29) is 61.7 Å². The van der Waals surface area contributed by atoms with Gasteiger partial charge in [0.2, 0.25) is 0 Å². The molecule has 0 aromatic rings. The molecule has 0 bridgehead atoms. The molecule has 41 heavy (non-hydrogen) atoms. The van der Waals surface area contributed by atoms with Crippen LogP contribution in [-0.2, 0) is 9.59 Å². The van der Waals surface area contributed by atoms with Gasteiger partial charge in [-0.15, -0.1) is 0 Å². The molecular weight excluding hydrogens is 634 g/mol. The number of carboxylic acids is 2. The standard InChI is InChI=1S/2C18H34O2.Ba/c2*1-2-3-4-5-6-7-8-9-10-11-12-13-14-15-16-17-18(19)20;/h2*9-10H,2-8,11-17H2,1H3,(H,19,20);/q;;+2/p-2. The minimum absolute atomic E-state index is 0. The van der Waals surface area contributed by atoms with Crippen molar-refractivity contribution in [2.45, 2.75) is 194 Å². The van der Waals surface area contributed by atoms with Crippen molar-refractivity contribution in [3.05, 3.63) is 24.3 Å². The van der Waals surface area contributed by atoms with Gasteiger partial charge in [-0.1, -0.05) is 141 Å². The Morgan fingerprint density at radius 2 is 0.610 bits per heavy atom. The Balaban J connectivity index is -0.000000688. The molecule has 0 atom stereocenters. The van der Waals surface area contributed by atoms with Crippen molar-refractivity contribution in [2.24, 2.45) is 0 Å². The molecule has 0 aliphatic heterocycles. The summed E-state index contributed by atoms with van der Waals surface area (Å²) in [5.41, 5.74) is 0. The topological polar surface area (TPSA) is 80.3 Å². The van der Waals surface area contributed by atoms with E-state index in [0.717, 1.165) is 38.5 Å². The Kier molecular flexibility index (Phi) is 46.7. The number of hydrogen-bond donors (Lipinski definition) is 0. The molecule has 0 saturated carbocycles. The van der Waals surface area contributed by atoms with E-state index in [4.69, 9.17) is 0 Å². The van der Waals surface area contributed by atoms with Crippen LogP contribution < -0.4 is 10.2 Å². The van der Waals surface area contributed by atoms with Crippen molar-refractivity contribution >= 4 is 60.8 Å². The zero-order valence-corrected chi connectivity index (χ0v) is 31.9. The second-order valence-electron chi connectivity index (χ2n) is 11.4. The Hall–Kier alpha value is -0.00857. The molecule has 0 aromatic heterocycles. The van der Waals surface area contributed by atoms with Crippen LogP contribution in [0.1, 0.15) is 194 Å². The summed E-state index contributed by atoms with van der Waals surface area (Å²) in [4.78, 5) is 20.4. The summed E-state index contributed by atoms with van der Waals surface area (Å²) in [7, 11) is 0. The fraction of sp³-hybridized carbons (Fsp3) is 0.833. The molecule has 0 radical (unpaired) electrons. The first-order valence-corrected chi connectivity index (χ1v) is 17.2. The maximum absolute atomic E-state index is 10.2. The molecule has 0 fully saturated rings. The number of carbonyl (C=O) groups excluding carboxylic acids is 2. The van der Waals surface area contributed by atoms with Gasteiger partial charge < -0.3 is 19.8 Å². The number of rotatable bonds is 30. The molecule has 0 spiro atoms. The van der Waals surface area contributed by atoms with Crippen LogP contribution in [0.15, 0.2) is 24.3 Å². The maximum atomic E-state index is 10.2. The van der Waals surface area contributed by atoms with E-state index in [9.17, 15) is 19.8 Å². The first-order chi connectivity index (χ1) is 19.5. The summed E-state index contributed by atoms with van der Waals surface area (Å²) in [6.07, 6.45) is 41.8. The van der Waals surface area contributed by atoms with Crippen molar-refractivity contribution < 1.29 is 19.8 Å². The molecule has 0 heterocycles. The van der Waals surface area contributed by atoms with Gasteiger partial charge in [0.25, 0.3) is 0 Å². The zero-order valence-electron chi connectivity index (χ0n) is 27.4. The summed E-state index contributed by atoms with van der Waals surface area (Å²) in [5.74, 6) is -1.83. The zero-order chi connectivity index (χ0) is 29.8. The molecule has 0 saturated heterocycles. The molecule has 0 aliphatic rings. The number of carboxylic acid groups (broad SMARTS) is 2. The molecule has 0 unspecified atom stereocenters. The van der Waals surface area contributed by atoms with Crippen molar-refractivity contribution in [2.75, 3.05) is 0 Å². The van der Waals surface area contributed by atoms with Crippen LogP contribution in [0.3, 0.4) is 0 Å². The number of unbranched alkanes of at least 4 members (excludes halogenated alkanes) is 22. The molecule has 4 nitrogen and oxygen atoms in total. The molecule has 0 aromatic carbocycles. The molecule has 236 valence electrons. The van der Waals surface area contributed by atoms with Crippen molar-refractivity contribution in [3.8, 4) is 0 Å². The molecule has 0 rings (SSSR count). The van der Waals surface area contributed by atoms with Crippen LogP contribution in [0.4, 0.5) is 0 Å². The molecule has 0 N–H and O–H groups in total. The van der Waals surface area contributed by atoms with Gasteiger partial charge in [0.1, 0.15) is 0 Å². The Morgan fingerprint density at radius 3 is 0.854 bits per heavy atom. The summed E-state index contributed by atoms with van der Waals surface area (Å²) < 4.78 is 0. The van der Waals surface area contributed by atoms with Gasteiger partial charge in [-0.05, 0) is 77.0 Å². The van der Waals surface area contributed by atoms with E-state index < -0.39 is 11.9 Å². The fourth-order valence-corrected chi connectivity index (χ4v) is 4.68. The first-order valence-electron chi connectivity index (χ1n) is 17.2. The van der Waals surface area contributed by atoms with Crippen LogP contribution in [0.2, 0.25) is 0 Å². The molecule has 0 amide bonds.